The maximum absolute atomic E-state index is 13.3. The zero-order valence-electron chi connectivity index (χ0n) is 13.8. The minimum Gasteiger partial charge on any atom is -0.478 e. The van der Waals surface area contributed by atoms with E-state index in [0.29, 0.717) is 4.88 Å². The number of hydrogen-bond donors (Lipinski definition) is 3. The number of fused-ring (bicyclic) bond motifs is 1. The van der Waals surface area contributed by atoms with Gasteiger partial charge in [-0.1, -0.05) is 24.3 Å². The molecular weight excluding hydrogens is 367 g/mol. The number of carbonyl (C=O) groups excluding carboxylic acids is 1. The Morgan fingerprint density at radius 3 is 2.70 bits per heavy atom. The van der Waals surface area contributed by atoms with Crippen molar-refractivity contribution >= 4 is 39.8 Å². The standard InChI is InChI=1S/C20H13FN2O3S/c21-12-5-3-4-11(8-12)19(24)23-16-10-27-18(17(16)20(25)26)14-9-22-15-7-2-1-6-13(14)15/h1-10,22H,(H,23,24)(H,25,26). The molecule has 2 heterocycles. The summed E-state index contributed by atoms with van der Waals surface area (Å²) in [5, 5.41) is 14.8. The Labute approximate surface area is 157 Å². The van der Waals surface area contributed by atoms with Crippen molar-refractivity contribution in [2.24, 2.45) is 0 Å². The average molecular weight is 380 g/mol. The van der Waals surface area contributed by atoms with Crippen LogP contribution in [0.5, 0.6) is 0 Å². The van der Waals surface area contributed by atoms with E-state index in [2.05, 4.69) is 10.3 Å². The molecule has 0 aliphatic heterocycles. The summed E-state index contributed by atoms with van der Waals surface area (Å²) in [6, 6.07) is 12.8. The number of rotatable bonds is 4. The molecule has 0 radical (unpaired) electrons. The van der Waals surface area contributed by atoms with Crippen LogP contribution in [0.1, 0.15) is 20.7 Å². The van der Waals surface area contributed by atoms with Crippen LogP contribution in [0.25, 0.3) is 21.3 Å². The molecule has 4 aromatic rings. The molecule has 0 aliphatic rings. The third-order valence-electron chi connectivity index (χ3n) is 4.17. The maximum atomic E-state index is 13.3. The lowest BCUT2D eigenvalue weighted by atomic mass is 10.1. The largest absolute Gasteiger partial charge is 0.478 e. The van der Waals surface area contributed by atoms with Gasteiger partial charge in [-0.05, 0) is 24.3 Å². The van der Waals surface area contributed by atoms with Crippen LogP contribution in [0.2, 0.25) is 0 Å². The predicted octanol–water partition coefficient (Wildman–Crippen LogP) is 4.99. The van der Waals surface area contributed by atoms with Gasteiger partial charge in [-0.15, -0.1) is 11.3 Å². The molecular formula is C20H13FN2O3S. The van der Waals surface area contributed by atoms with Crippen LogP contribution in [0.3, 0.4) is 0 Å². The zero-order chi connectivity index (χ0) is 19.0. The Bertz CT molecular complexity index is 1180. The van der Waals surface area contributed by atoms with Gasteiger partial charge in [-0.3, -0.25) is 4.79 Å². The van der Waals surface area contributed by atoms with E-state index in [1.54, 1.807) is 11.6 Å². The molecule has 7 heteroatoms. The minimum absolute atomic E-state index is 0.00880. The lowest BCUT2D eigenvalue weighted by Crippen LogP contribution is -2.14. The summed E-state index contributed by atoms with van der Waals surface area (Å²) >= 11 is 1.23. The number of nitrogens with one attached hydrogen (secondary N) is 2. The smallest absolute Gasteiger partial charge is 0.339 e. The highest BCUT2D eigenvalue weighted by Gasteiger charge is 2.23. The number of aromatic nitrogens is 1. The fourth-order valence-corrected chi connectivity index (χ4v) is 3.97. The number of thiophene rings is 1. The first-order chi connectivity index (χ1) is 13.0. The van der Waals surface area contributed by atoms with Crippen LogP contribution in [0.15, 0.2) is 60.1 Å². The molecule has 0 saturated heterocycles. The number of anilines is 1. The second-order valence-corrected chi connectivity index (χ2v) is 6.75. The van der Waals surface area contributed by atoms with Crippen LogP contribution < -0.4 is 5.32 Å². The van der Waals surface area contributed by atoms with E-state index in [9.17, 15) is 19.1 Å². The van der Waals surface area contributed by atoms with Crippen molar-refractivity contribution in [3.8, 4) is 10.4 Å². The van der Waals surface area contributed by atoms with Crippen molar-refractivity contribution in [3.63, 3.8) is 0 Å². The highest BCUT2D eigenvalue weighted by atomic mass is 32.1. The summed E-state index contributed by atoms with van der Waals surface area (Å²) in [7, 11) is 0. The Kier molecular flexibility index (Phi) is 4.21. The highest BCUT2D eigenvalue weighted by molar-refractivity contribution is 7.14. The number of carbonyl (C=O) groups is 2. The van der Waals surface area contributed by atoms with E-state index in [-0.39, 0.29) is 16.8 Å². The van der Waals surface area contributed by atoms with Gasteiger partial charge in [0, 0.05) is 33.6 Å². The summed E-state index contributed by atoms with van der Waals surface area (Å²) < 4.78 is 13.3. The first-order valence-electron chi connectivity index (χ1n) is 8.03. The second-order valence-electron chi connectivity index (χ2n) is 5.87. The summed E-state index contributed by atoms with van der Waals surface area (Å²) in [6.07, 6.45) is 1.75. The normalized spacial score (nSPS) is 10.9. The van der Waals surface area contributed by atoms with E-state index in [1.807, 2.05) is 24.3 Å². The number of para-hydroxylation sites is 1. The molecule has 2 aromatic heterocycles. The van der Waals surface area contributed by atoms with Gasteiger partial charge < -0.3 is 15.4 Å². The van der Waals surface area contributed by atoms with Gasteiger partial charge in [0.1, 0.15) is 11.4 Å². The lowest BCUT2D eigenvalue weighted by Gasteiger charge is -2.06. The highest BCUT2D eigenvalue weighted by Crippen LogP contribution is 2.39. The number of H-pyrrole nitrogens is 1. The monoisotopic (exact) mass is 380 g/mol. The second kappa shape index (κ2) is 6.69. The summed E-state index contributed by atoms with van der Waals surface area (Å²) in [5.74, 6) is -2.25. The van der Waals surface area contributed by atoms with Crippen molar-refractivity contribution < 1.29 is 19.1 Å². The summed E-state index contributed by atoms with van der Waals surface area (Å²) in [5.41, 5.74) is 1.95. The Morgan fingerprint density at radius 1 is 1.11 bits per heavy atom. The minimum atomic E-state index is -1.15. The van der Waals surface area contributed by atoms with Crippen molar-refractivity contribution in [2.45, 2.75) is 0 Å². The third-order valence-corrected chi connectivity index (χ3v) is 5.19. The van der Waals surface area contributed by atoms with Crippen molar-refractivity contribution in [1.29, 1.82) is 0 Å². The van der Waals surface area contributed by atoms with Crippen LogP contribution >= 0.6 is 11.3 Å². The van der Waals surface area contributed by atoms with Gasteiger partial charge in [0.2, 0.25) is 0 Å². The average Bonchev–Trinajstić information content (AvgIpc) is 3.25. The van der Waals surface area contributed by atoms with E-state index >= 15 is 0 Å². The van der Waals surface area contributed by atoms with Crippen molar-refractivity contribution in [3.05, 3.63) is 77.1 Å². The van der Waals surface area contributed by atoms with Gasteiger partial charge in [0.05, 0.1) is 10.6 Å². The molecule has 0 spiro atoms. The van der Waals surface area contributed by atoms with Gasteiger partial charge in [0.25, 0.3) is 5.91 Å². The zero-order valence-corrected chi connectivity index (χ0v) is 14.6. The Hall–Kier alpha value is -3.45. The van der Waals surface area contributed by atoms with Gasteiger partial charge in [0.15, 0.2) is 0 Å². The van der Waals surface area contributed by atoms with E-state index < -0.39 is 17.7 Å². The van der Waals surface area contributed by atoms with Gasteiger partial charge in [-0.25, -0.2) is 9.18 Å². The summed E-state index contributed by atoms with van der Waals surface area (Å²) in [6.45, 7) is 0. The fraction of sp³-hybridized carbons (Fsp3) is 0. The number of aromatic amines is 1. The number of aromatic carboxylic acids is 1. The molecule has 2 aromatic carbocycles. The molecule has 0 fully saturated rings. The van der Waals surface area contributed by atoms with Crippen LogP contribution in [0.4, 0.5) is 10.1 Å². The quantitative estimate of drug-likeness (QED) is 0.467. The van der Waals surface area contributed by atoms with Gasteiger partial charge >= 0.3 is 5.97 Å². The fourth-order valence-electron chi connectivity index (χ4n) is 2.94. The molecule has 1 amide bonds. The molecule has 27 heavy (non-hydrogen) atoms. The molecule has 4 rings (SSSR count). The number of carboxylic acid groups (broad SMARTS) is 1. The predicted molar refractivity (Wildman–Crippen MR) is 103 cm³/mol. The van der Waals surface area contributed by atoms with Crippen LogP contribution in [-0.2, 0) is 0 Å². The third kappa shape index (κ3) is 3.09. The first kappa shape index (κ1) is 17.0. The maximum Gasteiger partial charge on any atom is 0.339 e. The molecule has 134 valence electrons. The van der Waals surface area contributed by atoms with Crippen molar-refractivity contribution in [1.82, 2.24) is 4.98 Å². The van der Waals surface area contributed by atoms with E-state index in [1.165, 1.54) is 29.5 Å². The first-order valence-corrected chi connectivity index (χ1v) is 8.91. The van der Waals surface area contributed by atoms with E-state index in [0.717, 1.165) is 22.5 Å². The number of amides is 1. The van der Waals surface area contributed by atoms with Crippen molar-refractivity contribution in [2.75, 3.05) is 5.32 Å². The van der Waals surface area contributed by atoms with E-state index in [4.69, 9.17) is 0 Å². The molecule has 0 aliphatic carbocycles. The number of hydrogen-bond acceptors (Lipinski definition) is 3. The number of benzene rings is 2. The Morgan fingerprint density at radius 2 is 1.93 bits per heavy atom. The molecule has 0 atom stereocenters. The lowest BCUT2D eigenvalue weighted by molar-refractivity contribution is 0.0699. The number of halogens is 1. The molecule has 3 N–H and O–H groups in total. The van der Waals surface area contributed by atoms with Gasteiger partial charge in [-0.2, -0.15) is 0 Å². The van der Waals surface area contributed by atoms with Crippen LogP contribution in [0, 0.1) is 5.82 Å². The molecule has 5 nitrogen and oxygen atoms in total. The number of carboxylic acids is 1. The topological polar surface area (TPSA) is 82.2 Å². The molecule has 0 unspecified atom stereocenters. The Balaban J connectivity index is 1.75. The SMILES string of the molecule is O=C(Nc1csc(-c2c[nH]c3ccccc23)c1C(=O)O)c1cccc(F)c1. The molecule has 0 bridgehead atoms. The summed E-state index contributed by atoms with van der Waals surface area (Å²) in [4.78, 5) is 27.9. The molecule has 0 saturated carbocycles. The van der Waals surface area contributed by atoms with Crippen LogP contribution in [-0.4, -0.2) is 22.0 Å².